The van der Waals surface area contributed by atoms with Gasteiger partial charge in [-0.15, -0.1) is 0 Å². The van der Waals surface area contributed by atoms with E-state index in [1.165, 1.54) is 13.8 Å². The molecule has 1 saturated heterocycles. The first-order valence-corrected chi connectivity index (χ1v) is 6.64. The lowest BCUT2D eigenvalue weighted by atomic mass is 10.0. The summed E-state index contributed by atoms with van der Waals surface area (Å²) < 4.78 is 52.9. The SMILES string of the molecule is CC1CCCN1c1cc(C(F)(F)F)cc(C(C)(C)F)n1. The van der Waals surface area contributed by atoms with Gasteiger partial charge in [-0.05, 0) is 45.7 Å². The van der Waals surface area contributed by atoms with Gasteiger partial charge in [0.25, 0.3) is 0 Å². The zero-order valence-electron chi connectivity index (χ0n) is 11.8. The van der Waals surface area contributed by atoms with Crippen molar-refractivity contribution in [2.24, 2.45) is 0 Å². The quantitative estimate of drug-likeness (QED) is 0.755. The zero-order valence-corrected chi connectivity index (χ0v) is 11.8. The molecule has 2 heterocycles. The number of aromatic nitrogens is 1. The Morgan fingerprint density at radius 1 is 1.20 bits per heavy atom. The second-order valence-electron chi connectivity index (χ2n) is 5.75. The molecule has 0 bridgehead atoms. The van der Waals surface area contributed by atoms with E-state index in [9.17, 15) is 17.6 Å². The summed E-state index contributed by atoms with van der Waals surface area (Å²) >= 11 is 0. The minimum atomic E-state index is -4.50. The lowest BCUT2D eigenvalue weighted by Gasteiger charge is -2.26. The van der Waals surface area contributed by atoms with Gasteiger partial charge in [0.15, 0.2) is 0 Å². The minimum Gasteiger partial charge on any atom is -0.354 e. The van der Waals surface area contributed by atoms with E-state index in [1.54, 1.807) is 0 Å². The largest absolute Gasteiger partial charge is 0.416 e. The fourth-order valence-corrected chi connectivity index (χ4v) is 2.40. The van der Waals surface area contributed by atoms with Crippen molar-refractivity contribution in [1.82, 2.24) is 4.98 Å². The summed E-state index contributed by atoms with van der Waals surface area (Å²) in [6.45, 7) is 5.02. The maximum absolute atomic E-state index is 14.0. The van der Waals surface area contributed by atoms with Crippen molar-refractivity contribution in [3.8, 4) is 0 Å². The van der Waals surface area contributed by atoms with Crippen molar-refractivity contribution in [1.29, 1.82) is 0 Å². The molecule has 0 aliphatic carbocycles. The highest BCUT2D eigenvalue weighted by atomic mass is 19.4. The van der Waals surface area contributed by atoms with E-state index in [2.05, 4.69) is 4.98 Å². The Morgan fingerprint density at radius 3 is 2.30 bits per heavy atom. The molecule has 20 heavy (non-hydrogen) atoms. The van der Waals surface area contributed by atoms with Gasteiger partial charge in [0.05, 0.1) is 11.3 Å². The summed E-state index contributed by atoms with van der Waals surface area (Å²) in [7, 11) is 0. The van der Waals surface area contributed by atoms with Crippen LogP contribution in [-0.4, -0.2) is 17.6 Å². The highest BCUT2D eigenvalue weighted by molar-refractivity contribution is 5.46. The van der Waals surface area contributed by atoms with Gasteiger partial charge in [-0.1, -0.05) is 0 Å². The Kier molecular flexibility index (Phi) is 3.69. The van der Waals surface area contributed by atoms with E-state index < -0.39 is 17.4 Å². The van der Waals surface area contributed by atoms with Crippen LogP contribution in [0.3, 0.4) is 0 Å². The highest BCUT2D eigenvalue weighted by Crippen LogP contribution is 2.36. The number of halogens is 4. The number of alkyl halides is 4. The molecule has 1 fully saturated rings. The fraction of sp³-hybridized carbons (Fsp3) is 0.643. The van der Waals surface area contributed by atoms with Crippen LogP contribution in [0.4, 0.5) is 23.4 Å². The summed E-state index contributed by atoms with van der Waals surface area (Å²) in [5.74, 6) is 0.213. The van der Waals surface area contributed by atoms with Crippen LogP contribution in [0.25, 0.3) is 0 Å². The summed E-state index contributed by atoms with van der Waals surface area (Å²) in [6.07, 6.45) is -2.68. The molecule has 112 valence electrons. The Balaban J connectivity index is 2.51. The first kappa shape index (κ1) is 15.1. The van der Waals surface area contributed by atoms with E-state index in [4.69, 9.17) is 0 Å². The second kappa shape index (κ2) is 4.90. The van der Waals surface area contributed by atoms with Crippen LogP contribution >= 0.6 is 0 Å². The van der Waals surface area contributed by atoms with Crippen molar-refractivity contribution >= 4 is 5.82 Å². The van der Waals surface area contributed by atoms with Crippen LogP contribution < -0.4 is 4.90 Å². The van der Waals surface area contributed by atoms with Crippen molar-refractivity contribution in [2.75, 3.05) is 11.4 Å². The average Bonchev–Trinajstić information content (AvgIpc) is 2.72. The molecule has 1 unspecified atom stereocenters. The van der Waals surface area contributed by atoms with E-state index in [0.717, 1.165) is 25.0 Å². The van der Waals surface area contributed by atoms with E-state index in [0.29, 0.717) is 6.54 Å². The third-order valence-corrected chi connectivity index (χ3v) is 3.60. The lowest BCUT2D eigenvalue weighted by Crippen LogP contribution is -2.29. The molecule has 1 atom stereocenters. The molecule has 1 aromatic rings. The van der Waals surface area contributed by atoms with Crippen molar-refractivity contribution < 1.29 is 17.6 Å². The number of anilines is 1. The first-order chi connectivity index (χ1) is 9.09. The number of hydrogen-bond acceptors (Lipinski definition) is 2. The first-order valence-electron chi connectivity index (χ1n) is 6.64. The third-order valence-electron chi connectivity index (χ3n) is 3.60. The molecule has 1 aliphatic rings. The van der Waals surface area contributed by atoms with Gasteiger partial charge in [0.2, 0.25) is 0 Å². The summed E-state index contributed by atoms with van der Waals surface area (Å²) in [4.78, 5) is 5.91. The smallest absolute Gasteiger partial charge is 0.354 e. The third kappa shape index (κ3) is 3.04. The molecule has 0 saturated carbocycles. The Hall–Kier alpha value is -1.33. The molecule has 0 spiro atoms. The maximum atomic E-state index is 14.0. The normalized spacial score (nSPS) is 20.6. The maximum Gasteiger partial charge on any atom is 0.416 e. The van der Waals surface area contributed by atoms with Crippen LogP contribution in [0.1, 0.15) is 44.9 Å². The Bertz CT molecular complexity index is 459. The van der Waals surface area contributed by atoms with E-state index in [-0.39, 0.29) is 17.6 Å². The molecule has 0 N–H and O–H groups in total. The molecule has 1 aromatic heterocycles. The van der Waals surface area contributed by atoms with Gasteiger partial charge in [0.1, 0.15) is 11.5 Å². The predicted molar refractivity (Wildman–Crippen MR) is 69.4 cm³/mol. The van der Waals surface area contributed by atoms with Crippen LogP contribution in [0.5, 0.6) is 0 Å². The number of rotatable bonds is 2. The van der Waals surface area contributed by atoms with Crippen LogP contribution in [0.2, 0.25) is 0 Å². The van der Waals surface area contributed by atoms with Gasteiger partial charge in [-0.2, -0.15) is 13.2 Å². The molecule has 0 amide bonds. The van der Waals surface area contributed by atoms with Crippen molar-refractivity contribution in [3.63, 3.8) is 0 Å². The average molecular weight is 290 g/mol. The predicted octanol–water partition coefficient (Wildman–Crippen LogP) is 4.29. The zero-order chi connectivity index (χ0) is 15.1. The molecule has 0 aromatic carbocycles. The van der Waals surface area contributed by atoms with Crippen LogP contribution in [0.15, 0.2) is 12.1 Å². The summed E-state index contributed by atoms with van der Waals surface area (Å²) in [5.41, 5.74) is -2.93. The van der Waals surface area contributed by atoms with Gasteiger partial charge >= 0.3 is 6.18 Å². The minimum absolute atomic E-state index is 0.126. The molecule has 6 heteroatoms. The molecular weight excluding hydrogens is 272 g/mol. The topological polar surface area (TPSA) is 16.1 Å². The van der Waals surface area contributed by atoms with Crippen molar-refractivity contribution in [3.05, 3.63) is 23.4 Å². The fourth-order valence-electron chi connectivity index (χ4n) is 2.40. The van der Waals surface area contributed by atoms with Gasteiger partial charge in [0, 0.05) is 12.6 Å². The summed E-state index contributed by atoms with van der Waals surface area (Å²) in [5, 5.41) is 0. The molecule has 2 rings (SSSR count). The number of pyridine rings is 1. The number of hydrogen-bond donors (Lipinski definition) is 0. The standard InChI is InChI=1S/C14H18F4N2/c1-9-5-4-6-20(9)12-8-10(14(16,17)18)7-11(19-12)13(2,3)15/h7-9H,4-6H2,1-3H3. The van der Waals surface area contributed by atoms with Gasteiger partial charge in [-0.25, -0.2) is 9.37 Å². The molecular formula is C14H18F4N2. The summed E-state index contributed by atoms with van der Waals surface area (Å²) in [6, 6.07) is 1.93. The Labute approximate surface area is 115 Å². The van der Waals surface area contributed by atoms with Crippen LogP contribution in [0, 0.1) is 0 Å². The highest BCUT2D eigenvalue weighted by Gasteiger charge is 2.35. The van der Waals surface area contributed by atoms with Crippen molar-refractivity contribution in [2.45, 2.75) is 51.5 Å². The Morgan fingerprint density at radius 2 is 1.85 bits per heavy atom. The number of nitrogens with zero attached hydrogens (tertiary/aromatic N) is 2. The monoisotopic (exact) mass is 290 g/mol. The second-order valence-corrected chi connectivity index (χ2v) is 5.75. The van der Waals surface area contributed by atoms with E-state index in [1.807, 2.05) is 11.8 Å². The lowest BCUT2D eigenvalue weighted by molar-refractivity contribution is -0.137. The van der Waals surface area contributed by atoms with E-state index >= 15 is 0 Å². The van der Waals surface area contributed by atoms with Gasteiger partial charge in [-0.3, -0.25) is 0 Å². The molecule has 1 aliphatic heterocycles. The van der Waals surface area contributed by atoms with Gasteiger partial charge < -0.3 is 4.90 Å². The molecule has 2 nitrogen and oxygen atoms in total. The molecule has 0 radical (unpaired) electrons. The van der Waals surface area contributed by atoms with Crippen LogP contribution in [-0.2, 0) is 11.8 Å².